The molecule has 2 unspecified atom stereocenters. The fourth-order valence-corrected chi connectivity index (χ4v) is 2.20. The van der Waals surface area contributed by atoms with E-state index in [2.05, 4.69) is 21.4 Å². The van der Waals surface area contributed by atoms with Crippen LogP contribution in [0.5, 0.6) is 0 Å². The molecule has 0 amide bonds. The van der Waals surface area contributed by atoms with E-state index in [9.17, 15) is 4.39 Å². The van der Waals surface area contributed by atoms with Crippen LogP contribution in [0.4, 0.5) is 4.39 Å². The standard InChI is InChI=1S/C12H18BrFN2O/c1-8(7-17-2)5-12(16-15)10-6-9(13)3-4-11(10)14/h3-4,6,8,12,16H,5,7,15H2,1-2H3. The Morgan fingerprint density at radius 2 is 2.24 bits per heavy atom. The van der Waals surface area contributed by atoms with Crippen LogP contribution in [-0.2, 0) is 4.74 Å². The zero-order valence-electron chi connectivity index (χ0n) is 10.0. The highest BCUT2D eigenvalue weighted by atomic mass is 79.9. The lowest BCUT2D eigenvalue weighted by Crippen LogP contribution is -2.30. The molecule has 1 aromatic carbocycles. The summed E-state index contributed by atoms with van der Waals surface area (Å²) in [6.45, 7) is 2.68. The SMILES string of the molecule is COCC(C)CC(NN)c1cc(Br)ccc1F. The molecular formula is C12H18BrFN2O. The highest BCUT2D eigenvalue weighted by Gasteiger charge is 2.17. The predicted octanol–water partition coefficient (Wildman–Crippen LogP) is 2.77. The fourth-order valence-electron chi connectivity index (χ4n) is 1.82. The Balaban J connectivity index is 2.82. The van der Waals surface area contributed by atoms with Gasteiger partial charge in [-0.2, -0.15) is 0 Å². The first-order chi connectivity index (χ1) is 8.08. The largest absolute Gasteiger partial charge is 0.384 e. The molecule has 2 atom stereocenters. The van der Waals surface area contributed by atoms with Crippen LogP contribution in [0.15, 0.2) is 22.7 Å². The van der Waals surface area contributed by atoms with E-state index >= 15 is 0 Å². The summed E-state index contributed by atoms with van der Waals surface area (Å²) in [5, 5.41) is 0. The van der Waals surface area contributed by atoms with Crippen LogP contribution < -0.4 is 11.3 Å². The van der Waals surface area contributed by atoms with Crippen LogP contribution >= 0.6 is 15.9 Å². The Hall–Kier alpha value is -0.490. The lowest BCUT2D eigenvalue weighted by molar-refractivity contribution is 0.149. The van der Waals surface area contributed by atoms with E-state index in [1.165, 1.54) is 6.07 Å². The molecular weight excluding hydrogens is 287 g/mol. The Morgan fingerprint density at radius 1 is 1.53 bits per heavy atom. The molecule has 96 valence electrons. The maximum atomic E-state index is 13.7. The maximum Gasteiger partial charge on any atom is 0.128 e. The molecule has 3 N–H and O–H groups in total. The third-order valence-corrected chi connectivity index (χ3v) is 3.12. The zero-order valence-corrected chi connectivity index (χ0v) is 11.6. The van der Waals surface area contributed by atoms with Crippen molar-refractivity contribution in [3.8, 4) is 0 Å². The number of methoxy groups -OCH3 is 1. The van der Waals surface area contributed by atoms with Gasteiger partial charge in [-0.15, -0.1) is 0 Å². The minimum absolute atomic E-state index is 0.211. The number of nitrogens with two attached hydrogens (primary N) is 1. The Labute approximate surface area is 110 Å². The van der Waals surface area contributed by atoms with Gasteiger partial charge >= 0.3 is 0 Å². The van der Waals surface area contributed by atoms with Crippen molar-refractivity contribution >= 4 is 15.9 Å². The van der Waals surface area contributed by atoms with Gasteiger partial charge in [0.15, 0.2) is 0 Å². The van der Waals surface area contributed by atoms with E-state index in [0.29, 0.717) is 18.1 Å². The third-order valence-electron chi connectivity index (χ3n) is 2.62. The average molecular weight is 305 g/mol. The number of ether oxygens (including phenoxy) is 1. The van der Waals surface area contributed by atoms with Crippen molar-refractivity contribution in [2.24, 2.45) is 11.8 Å². The fraction of sp³-hybridized carbons (Fsp3) is 0.500. The molecule has 1 rings (SSSR count). The van der Waals surface area contributed by atoms with Gasteiger partial charge in [0.05, 0.1) is 0 Å². The summed E-state index contributed by atoms with van der Waals surface area (Å²) >= 11 is 3.33. The average Bonchev–Trinajstić information content (AvgIpc) is 2.30. The Bertz CT molecular complexity index is 362. The quantitative estimate of drug-likeness (QED) is 0.627. The molecule has 0 heterocycles. The van der Waals surface area contributed by atoms with Crippen LogP contribution in [0, 0.1) is 11.7 Å². The number of benzene rings is 1. The van der Waals surface area contributed by atoms with Crippen LogP contribution in [0.25, 0.3) is 0 Å². The van der Waals surface area contributed by atoms with Crippen LogP contribution in [-0.4, -0.2) is 13.7 Å². The van der Waals surface area contributed by atoms with E-state index in [4.69, 9.17) is 10.6 Å². The highest BCUT2D eigenvalue weighted by molar-refractivity contribution is 9.10. The van der Waals surface area contributed by atoms with Gasteiger partial charge in [0, 0.05) is 29.8 Å². The second-order valence-electron chi connectivity index (χ2n) is 4.18. The van der Waals surface area contributed by atoms with E-state index in [0.717, 1.165) is 10.9 Å². The first-order valence-corrected chi connectivity index (χ1v) is 6.27. The van der Waals surface area contributed by atoms with Crippen LogP contribution in [0.1, 0.15) is 24.9 Å². The van der Waals surface area contributed by atoms with E-state index in [1.54, 1.807) is 19.2 Å². The van der Waals surface area contributed by atoms with Crippen LogP contribution in [0.2, 0.25) is 0 Å². The topological polar surface area (TPSA) is 47.3 Å². The maximum absolute atomic E-state index is 13.7. The van der Waals surface area contributed by atoms with Gasteiger partial charge < -0.3 is 4.74 Å². The third kappa shape index (κ3) is 4.35. The molecule has 0 fully saturated rings. The van der Waals surface area contributed by atoms with E-state index in [1.807, 2.05) is 6.92 Å². The number of halogens is 2. The van der Waals surface area contributed by atoms with Gasteiger partial charge in [0.1, 0.15) is 5.82 Å². The monoisotopic (exact) mass is 304 g/mol. The molecule has 0 aliphatic rings. The molecule has 5 heteroatoms. The van der Waals surface area contributed by atoms with Gasteiger partial charge in [-0.05, 0) is 30.5 Å². The molecule has 0 saturated carbocycles. The van der Waals surface area contributed by atoms with Crippen molar-refractivity contribution in [3.05, 3.63) is 34.1 Å². The molecule has 17 heavy (non-hydrogen) atoms. The Morgan fingerprint density at radius 3 is 2.82 bits per heavy atom. The number of hydrazine groups is 1. The number of hydrogen-bond donors (Lipinski definition) is 2. The van der Waals surface area contributed by atoms with Crippen molar-refractivity contribution in [3.63, 3.8) is 0 Å². The molecule has 3 nitrogen and oxygen atoms in total. The molecule has 1 aromatic rings. The number of hydrogen-bond acceptors (Lipinski definition) is 3. The van der Waals surface area contributed by atoms with Gasteiger partial charge in [0.25, 0.3) is 0 Å². The zero-order chi connectivity index (χ0) is 12.8. The molecule has 0 aromatic heterocycles. The van der Waals surface area contributed by atoms with Crippen molar-refractivity contribution in [2.45, 2.75) is 19.4 Å². The number of nitrogens with one attached hydrogen (secondary N) is 1. The summed E-state index contributed by atoms with van der Waals surface area (Å²) in [6, 6.07) is 4.65. The summed E-state index contributed by atoms with van der Waals surface area (Å²) in [4.78, 5) is 0. The normalized spacial score (nSPS) is 14.6. The second-order valence-corrected chi connectivity index (χ2v) is 5.10. The lowest BCUT2D eigenvalue weighted by Gasteiger charge is -2.21. The first-order valence-electron chi connectivity index (χ1n) is 5.48. The Kier molecular flexibility index (Phi) is 6.05. The molecule has 0 radical (unpaired) electrons. The molecule has 0 bridgehead atoms. The van der Waals surface area contributed by atoms with E-state index in [-0.39, 0.29) is 11.9 Å². The van der Waals surface area contributed by atoms with Crippen molar-refractivity contribution in [1.82, 2.24) is 5.43 Å². The van der Waals surface area contributed by atoms with Crippen molar-refractivity contribution in [2.75, 3.05) is 13.7 Å². The van der Waals surface area contributed by atoms with Gasteiger partial charge in [-0.25, -0.2) is 4.39 Å². The number of rotatable bonds is 6. The first kappa shape index (κ1) is 14.6. The second kappa shape index (κ2) is 7.06. The lowest BCUT2D eigenvalue weighted by atomic mass is 9.96. The van der Waals surface area contributed by atoms with Crippen molar-refractivity contribution < 1.29 is 9.13 Å². The highest BCUT2D eigenvalue weighted by Crippen LogP contribution is 2.26. The molecule has 0 saturated heterocycles. The summed E-state index contributed by atoms with van der Waals surface area (Å²) in [5.41, 5.74) is 3.23. The minimum Gasteiger partial charge on any atom is -0.384 e. The molecule has 0 aliphatic carbocycles. The van der Waals surface area contributed by atoms with Gasteiger partial charge in [0.2, 0.25) is 0 Å². The van der Waals surface area contributed by atoms with Crippen LogP contribution in [0.3, 0.4) is 0 Å². The summed E-state index contributed by atoms with van der Waals surface area (Å²) in [5.74, 6) is 5.55. The summed E-state index contributed by atoms with van der Waals surface area (Å²) in [6.07, 6.45) is 0.720. The molecule has 0 spiro atoms. The van der Waals surface area contributed by atoms with E-state index < -0.39 is 0 Å². The van der Waals surface area contributed by atoms with Gasteiger partial charge in [-0.1, -0.05) is 22.9 Å². The smallest absolute Gasteiger partial charge is 0.128 e. The predicted molar refractivity (Wildman–Crippen MR) is 69.8 cm³/mol. The minimum atomic E-state index is -0.249. The molecule has 0 aliphatic heterocycles. The summed E-state index contributed by atoms with van der Waals surface area (Å²) in [7, 11) is 1.65. The van der Waals surface area contributed by atoms with Crippen molar-refractivity contribution in [1.29, 1.82) is 0 Å². The van der Waals surface area contributed by atoms with Gasteiger partial charge in [-0.3, -0.25) is 11.3 Å². The summed E-state index contributed by atoms with van der Waals surface area (Å²) < 4.78 is 19.6.